The molecule has 0 saturated carbocycles. The molecule has 6 nitrogen and oxygen atoms in total. The molecule has 128 valence electrons. The number of rotatable bonds is 6. The highest BCUT2D eigenvalue weighted by atomic mass is 127. The molecular formula is C16H17IN2O4S. The second kappa shape index (κ2) is 7.84. The predicted octanol–water partition coefficient (Wildman–Crippen LogP) is 3.45. The van der Waals surface area contributed by atoms with E-state index in [-0.39, 0.29) is 10.8 Å². The number of ether oxygens (including phenoxy) is 1. The molecule has 2 rings (SSSR count). The molecule has 0 unspecified atom stereocenters. The molecule has 1 amide bonds. The van der Waals surface area contributed by atoms with E-state index in [1.54, 1.807) is 31.2 Å². The molecule has 0 aromatic heterocycles. The largest absolute Gasteiger partial charge is 0.492 e. The summed E-state index contributed by atoms with van der Waals surface area (Å²) < 4.78 is 34.0. The third-order valence-corrected chi connectivity index (χ3v) is 5.07. The monoisotopic (exact) mass is 460 g/mol. The molecular weight excluding hydrogens is 443 g/mol. The molecule has 0 bridgehead atoms. The fraction of sp³-hybridized carbons (Fsp3) is 0.188. The van der Waals surface area contributed by atoms with Crippen LogP contribution in [0.15, 0.2) is 47.4 Å². The zero-order chi connectivity index (χ0) is 17.7. The van der Waals surface area contributed by atoms with E-state index in [9.17, 15) is 13.2 Å². The van der Waals surface area contributed by atoms with E-state index in [0.29, 0.717) is 23.7 Å². The van der Waals surface area contributed by atoms with Gasteiger partial charge in [0.05, 0.1) is 17.2 Å². The molecule has 24 heavy (non-hydrogen) atoms. The van der Waals surface area contributed by atoms with Gasteiger partial charge in [0.2, 0.25) is 5.91 Å². The number of anilines is 2. The van der Waals surface area contributed by atoms with Crippen LogP contribution in [0.5, 0.6) is 5.75 Å². The third-order valence-electron chi connectivity index (χ3n) is 2.97. The molecule has 0 saturated heterocycles. The van der Waals surface area contributed by atoms with Crippen molar-refractivity contribution in [1.82, 2.24) is 0 Å². The van der Waals surface area contributed by atoms with Gasteiger partial charge in [-0.3, -0.25) is 9.52 Å². The maximum absolute atomic E-state index is 12.5. The van der Waals surface area contributed by atoms with Gasteiger partial charge in [0.25, 0.3) is 10.0 Å². The van der Waals surface area contributed by atoms with E-state index in [0.717, 1.165) is 3.57 Å². The van der Waals surface area contributed by atoms with Gasteiger partial charge in [0.1, 0.15) is 5.75 Å². The van der Waals surface area contributed by atoms with E-state index in [1.807, 2.05) is 0 Å². The van der Waals surface area contributed by atoms with E-state index < -0.39 is 10.0 Å². The first-order valence-corrected chi connectivity index (χ1v) is 9.71. The number of nitrogens with one attached hydrogen (secondary N) is 2. The molecule has 0 aliphatic carbocycles. The van der Waals surface area contributed by atoms with E-state index >= 15 is 0 Å². The van der Waals surface area contributed by atoms with Crippen LogP contribution in [0, 0.1) is 3.57 Å². The van der Waals surface area contributed by atoms with Crippen molar-refractivity contribution in [2.75, 3.05) is 16.6 Å². The standard InChI is InChI=1S/C16H17IN2O4S/c1-3-23-16-9-8-14(10-15(16)18-11(2)20)24(21,22)19-13-6-4-12(17)5-7-13/h4-10,19H,3H2,1-2H3,(H,18,20). The Bertz CT molecular complexity index is 836. The predicted molar refractivity (Wildman–Crippen MR) is 102 cm³/mol. The molecule has 2 N–H and O–H groups in total. The Morgan fingerprint density at radius 1 is 1.17 bits per heavy atom. The molecule has 2 aromatic rings. The van der Waals surface area contributed by atoms with Crippen molar-refractivity contribution < 1.29 is 17.9 Å². The second-order valence-corrected chi connectivity index (χ2v) is 7.81. The van der Waals surface area contributed by atoms with Crippen LogP contribution in [0.25, 0.3) is 0 Å². The first-order valence-electron chi connectivity index (χ1n) is 7.14. The Kier molecular flexibility index (Phi) is 6.05. The van der Waals surface area contributed by atoms with Crippen LogP contribution >= 0.6 is 22.6 Å². The Morgan fingerprint density at radius 3 is 2.42 bits per heavy atom. The van der Waals surface area contributed by atoms with Gasteiger partial charge in [-0.15, -0.1) is 0 Å². The lowest BCUT2D eigenvalue weighted by atomic mass is 10.3. The van der Waals surface area contributed by atoms with Crippen molar-refractivity contribution in [3.63, 3.8) is 0 Å². The van der Waals surface area contributed by atoms with Crippen LogP contribution in [0.3, 0.4) is 0 Å². The van der Waals surface area contributed by atoms with E-state index in [2.05, 4.69) is 32.6 Å². The molecule has 0 atom stereocenters. The lowest BCUT2D eigenvalue weighted by Gasteiger charge is -2.13. The highest BCUT2D eigenvalue weighted by Gasteiger charge is 2.17. The third kappa shape index (κ3) is 4.84. The average molecular weight is 460 g/mol. The molecule has 0 aliphatic rings. The summed E-state index contributed by atoms with van der Waals surface area (Å²) in [5.41, 5.74) is 0.778. The normalized spacial score (nSPS) is 11.0. The minimum absolute atomic E-state index is 0.0354. The molecule has 0 fully saturated rings. The zero-order valence-corrected chi connectivity index (χ0v) is 16.1. The molecule has 0 radical (unpaired) electrons. The summed E-state index contributed by atoms with van der Waals surface area (Å²) in [6, 6.07) is 11.3. The first kappa shape index (κ1) is 18.5. The summed E-state index contributed by atoms with van der Waals surface area (Å²) in [6.45, 7) is 3.56. The Labute approximate surface area is 154 Å². The molecule has 0 heterocycles. The van der Waals surface area contributed by atoms with Gasteiger partial charge in [0, 0.05) is 16.2 Å². The maximum atomic E-state index is 12.5. The SMILES string of the molecule is CCOc1ccc(S(=O)(=O)Nc2ccc(I)cc2)cc1NC(C)=O. The van der Waals surface area contributed by atoms with Crippen molar-refractivity contribution in [3.8, 4) is 5.75 Å². The molecule has 0 aliphatic heterocycles. The lowest BCUT2D eigenvalue weighted by molar-refractivity contribution is -0.114. The van der Waals surface area contributed by atoms with Crippen LogP contribution in [-0.4, -0.2) is 20.9 Å². The highest BCUT2D eigenvalue weighted by molar-refractivity contribution is 14.1. The van der Waals surface area contributed by atoms with Crippen molar-refractivity contribution >= 4 is 49.9 Å². The van der Waals surface area contributed by atoms with Crippen LogP contribution < -0.4 is 14.8 Å². The van der Waals surface area contributed by atoms with Crippen LogP contribution in [0.4, 0.5) is 11.4 Å². The number of hydrogen-bond donors (Lipinski definition) is 2. The maximum Gasteiger partial charge on any atom is 0.261 e. The van der Waals surface area contributed by atoms with Gasteiger partial charge in [-0.25, -0.2) is 8.42 Å². The quantitative estimate of drug-likeness (QED) is 0.647. The summed E-state index contributed by atoms with van der Waals surface area (Å²) >= 11 is 2.14. The van der Waals surface area contributed by atoms with Crippen molar-refractivity contribution in [1.29, 1.82) is 0 Å². The van der Waals surface area contributed by atoms with Crippen LogP contribution in [0.1, 0.15) is 13.8 Å². The van der Waals surface area contributed by atoms with E-state index in [1.165, 1.54) is 25.1 Å². The lowest BCUT2D eigenvalue weighted by Crippen LogP contribution is -2.14. The molecule has 0 spiro atoms. The van der Waals surface area contributed by atoms with Crippen molar-refractivity contribution in [2.45, 2.75) is 18.7 Å². The summed E-state index contributed by atoms with van der Waals surface area (Å²) in [7, 11) is -3.78. The van der Waals surface area contributed by atoms with Crippen LogP contribution in [-0.2, 0) is 14.8 Å². The minimum Gasteiger partial charge on any atom is -0.492 e. The number of hydrogen-bond acceptors (Lipinski definition) is 4. The Hall–Kier alpha value is -1.81. The van der Waals surface area contributed by atoms with Gasteiger partial charge >= 0.3 is 0 Å². The smallest absolute Gasteiger partial charge is 0.261 e. The topological polar surface area (TPSA) is 84.5 Å². The summed E-state index contributed by atoms with van der Waals surface area (Å²) in [5.74, 6) is 0.108. The number of carbonyl (C=O) groups is 1. The Balaban J connectivity index is 2.35. The fourth-order valence-electron chi connectivity index (χ4n) is 1.98. The number of halogens is 1. The number of benzene rings is 2. The number of amides is 1. The first-order chi connectivity index (χ1) is 11.3. The van der Waals surface area contributed by atoms with Gasteiger partial charge in [-0.1, -0.05) is 0 Å². The Morgan fingerprint density at radius 2 is 1.83 bits per heavy atom. The van der Waals surface area contributed by atoms with Gasteiger partial charge in [-0.2, -0.15) is 0 Å². The zero-order valence-electron chi connectivity index (χ0n) is 13.2. The van der Waals surface area contributed by atoms with E-state index in [4.69, 9.17) is 4.74 Å². The summed E-state index contributed by atoms with van der Waals surface area (Å²) in [6.07, 6.45) is 0. The van der Waals surface area contributed by atoms with Gasteiger partial charge in [-0.05, 0) is 72.0 Å². The number of sulfonamides is 1. The average Bonchev–Trinajstić information content (AvgIpc) is 2.50. The van der Waals surface area contributed by atoms with Gasteiger partial charge < -0.3 is 10.1 Å². The summed E-state index contributed by atoms with van der Waals surface area (Å²) in [5, 5.41) is 2.58. The number of carbonyl (C=O) groups excluding carboxylic acids is 1. The summed E-state index contributed by atoms with van der Waals surface area (Å²) in [4.78, 5) is 11.4. The molecule has 2 aromatic carbocycles. The fourth-order valence-corrected chi connectivity index (χ4v) is 3.42. The van der Waals surface area contributed by atoms with Gasteiger partial charge in [0.15, 0.2) is 0 Å². The van der Waals surface area contributed by atoms with Crippen molar-refractivity contribution in [3.05, 3.63) is 46.0 Å². The molecule has 8 heteroatoms. The highest BCUT2D eigenvalue weighted by Crippen LogP contribution is 2.29. The second-order valence-electron chi connectivity index (χ2n) is 4.88. The van der Waals surface area contributed by atoms with Crippen LogP contribution in [0.2, 0.25) is 0 Å². The minimum atomic E-state index is -3.78. The van der Waals surface area contributed by atoms with Crippen molar-refractivity contribution in [2.24, 2.45) is 0 Å².